The van der Waals surface area contributed by atoms with Crippen molar-refractivity contribution in [3.8, 4) is 0 Å². The molecule has 1 aliphatic carbocycles. The standard InChI is InChI=1S/C8H16N2O/c1-6(11)10-5-8(9)7-3-2-4-7/h7-8H,2-5,9H2,1H3,(H,10,11). The lowest BCUT2D eigenvalue weighted by Gasteiger charge is -2.31. The van der Waals surface area contributed by atoms with Crippen LogP contribution in [-0.2, 0) is 4.79 Å². The fourth-order valence-electron chi connectivity index (χ4n) is 1.30. The van der Waals surface area contributed by atoms with E-state index in [0.717, 1.165) is 0 Å². The first-order chi connectivity index (χ1) is 5.20. The van der Waals surface area contributed by atoms with Gasteiger partial charge in [0.1, 0.15) is 0 Å². The number of carbonyl (C=O) groups excluding carboxylic acids is 1. The van der Waals surface area contributed by atoms with Crippen LogP contribution in [0.4, 0.5) is 0 Å². The summed E-state index contributed by atoms with van der Waals surface area (Å²) < 4.78 is 0. The van der Waals surface area contributed by atoms with Crippen LogP contribution in [0.25, 0.3) is 0 Å². The molecule has 0 aromatic carbocycles. The van der Waals surface area contributed by atoms with E-state index in [-0.39, 0.29) is 11.9 Å². The molecular weight excluding hydrogens is 140 g/mol. The molecule has 0 saturated heterocycles. The van der Waals surface area contributed by atoms with Crippen molar-refractivity contribution in [2.45, 2.75) is 32.2 Å². The van der Waals surface area contributed by atoms with Crippen LogP contribution in [-0.4, -0.2) is 18.5 Å². The highest BCUT2D eigenvalue weighted by Gasteiger charge is 2.23. The number of nitrogens with one attached hydrogen (secondary N) is 1. The Morgan fingerprint density at radius 1 is 1.73 bits per heavy atom. The lowest BCUT2D eigenvalue weighted by molar-refractivity contribution is -0.119. The van der Waals surface area contributed by atoms with Crippen molar-refractivity contribution in [2.24, 2.45) is 11.7 Å². The molecule has 0 aromatic heterocycles. The van der Waals surface area contributed by atoms with E-state index >= 15 is 0 Å². The van der Waals surface area contributed by atoms with Crippen molar-refractivity contribution in [1.29, 1.82) is 0 Å². The Morgan fingerprint density at radius 3 is 2.73 bits per heavy atom. The molecule has 0 bridgehead atoms. The zero-order valence-corrected chi connectivity index (χ0v) is 6.97. The van der Waals surface area contributed by atoms with E-state index in [2.05, 4.69) is 5.32 Å². The number of hydrogen-bond donors (Lipinski definition) is 2. The van der Waals surface area contributed by atoms with Crippen LogP contribution in [0.5, 0.6) is 0 Å². The average molecular weight is 156 g/mol. The number of hydrogen-bond acceptors (Lipinski definition) is 2. The Morgan fingerprint density at radius 2 is 2.36 bits per heavy atom. The van der Waals surface area contributed by atoms with Crippen LogP contribution in [0.1, 0.15) is 26.2 Å². The first kappa shape index (κ1) is 8.53. The second-order valence-electron chi connectivity index (χ2n) is 3.29. The van der Waals surface area contributed by atoms with Crippen molar-refractivity contribution in [3.05, 3.63) is 0 Å². The van der Waals surface area contributed by atoms with Crippen molar-refractivity contribution in [1.82, 2.24) is 5.32 Å². The molecule has 1 aliphatic rings. The minimum absolute atomic E-state index is 0.0137. The summed E-state index contributed by atoms with van der Waals surface area (Å²) in [5.41, 5.74) is 5.81. The third kappa shape index (κ3) is 2.50. The Bertz CT molecular complexity index is 143. The molecule has 0 aliphatic heterocycles. The van der Waals surface area contributed by atoms with E-state index in [4.69, 9.17) is 5.73 Å². The van der Waals surface area contributed by atoms with Crippen LogP contribution in [0.15, 0.2) is 0 Å². The van der Waals surface area contributed by atoms with Gasteiger partial charge in [0, 0.05) is 19.5 Å². The summed E-state index contributed by atoms with van der Waals surface area (Å²) in [5, 5.41) is 2.73. The maximum absolute atomic E-state index is 10.5. The van der Waals surface area contributed by atoms with E-state index < -0.39 is 0 Å². The van der Waals surface area contributed by atoms with E-state index in [0.29, 0.717) is 12.5 Å². The number of amides is 1. The minimum Gasteiger partial charge on any atom is -0.355 e. The molecule has 3 N–H and O–H groups in total. The smallest absolute Gasteiger partial charge is 0.216 e. The lowest BCUT2D eigenvalue weighted by Crippen LogP contribution is -2.43. The molecule has 11 heavy (non-hydrogen) atoms. The predicted octanol–water partition coefficient (Wildman–Crippen LogP) is 0.250. The summed E-state index contributed by atoms with van der Waals surface area (Å²) in [6.07, 6.45) is 3.78. The summed E-state index contributed by atoms with van der Waals surface area (Å²) in [7, 11) is 0. The van der Waals surface area contributed by atoms with Gasteiger partial charge < -0.3 is 11.1 Å². The summed E-state index contributed by atoms with van der Waals surface area (Å²) in [6, 6.07) is 0.174. The zero-order chi connectivity index (χ0) is 8.27. The molecule has 1 amide bonds. The normalized spacial score (nSPS) is 20.5. The molecule has 3 heteroatoms. The van der Waals surface area contributed by atoms with Gasteiger partial charge in [0.05, 0.1) is 0 Å². The van der Waals surface area contributed by atoms with Crippen LogP contribution < -0.4 is 11.1 Å². The molecule has 1 unspecified atom stereocenters. The van der Waals surface area contributed by atoms with E-state index in [1.807, 2.05) is 0 Å². The fraction of sp³-hybridized carbons (Fsp3) is 0.875. The van der Waals surface area contributed by atoms with E-state index in [1.165, 1.54) is 26.2 Å². The Hall–Kier alpha value is -0.570. The van der Waals surface area contributed by atoms with Crippen LogP contribution >= 0.6 is 0 Å². The molecular formula is C8H16N2O. The summed E-state index contributed by atoms with van der Waals surface area (Å²) in [5.74, 6) is 0.668. The second kappa shape index (κ2) is 3.72. The molecule has 1 fully saturated rings. The molecule has 64 valence electrons. The molecule has 1 saturated carbocycles. The van der Waals surface area contributed by atoms with Gasteiger partial charge in [-0.3, -0.25) is 4.79 Å². The predicted molar refractivity (Wildman–Crippen MR) is 44.0 cm³/mol. The highest BCUT2D eigenvalue weighted by molar-refractivity contribution is 5.72. The topological polar surface area (TPSA) is 55.1 Å². The first-order valence-corrected chi connectivity index (χ1v) is 4.20. The molecule has 1 rings (SSSR count). The number of nitrogens with two attached hydrogens (primary N) is 1. The zero-order valence-electron chi connectivity index (χ0n) is 6.97. The first-order valence-electron chi connectivity index (χ1n) is 4.20. The van der Waals surface area contributed by atoms with Crippen molar-refractivity contribution in [2.75, 3.05) is 6.54 Å². The molecule has 0 radical (unpaired) electrons. The summed E-state index contributed by atoms with van der Waals surface area (Å²) in [4.78, 5) is 10.5. The van der Waals surface area contributed by atoms with Gasteiger partial charge in [-0.2, -0.15) is 0 Å². The number of carbonyl (C=O) groups is 1. The van der Waals surface area contributed by atoms with Gasteiger partial charge in [-0.25, -0.2) is 0 Å². The molecule has 0 aromatic rings. The van der Waals surface area contributed by atoms with E-state index in [1.54, 1.807) is 0 Å². The SMILES string of the molecule is CC(=O)NCC(N)C1CCC1. The van der Waals surface area contributed by atoms with Gasteiger partial charge in [0.15, 0.2) is 0 Å². The fourth-order valence-corrected chi connectivity index (χ4v) is 1.30. The third-order valence-corrected chi connectivity index (χ3v) is 2.34. The van der Waals surface area contributed by atoms with Crippen molar-refractivity contribution in [3.63, 3.8) is 0 Å². The van der Waals surface area contributed by atoms with E-state index in [9.17, 15) is 4.79 Å². The molecule has 0 spiro atoms. The molecule has 1 atom stereocenters. The Balaban J connectivity index is 2.09. The maximum Gasteiger partial charge on any atom is 0.216 e. The minimum atomic E-state index is 0.0137. The molecule has 3 nitrogen and oxygen atoms in total. The van der Waals surface area contributed by atoms with Crippen molar-refractivity contribution < 1.29 is 4.79 Å². The van der Waals surface area contributed by atoms with Gasteiger partial charge in [0.25, 0.3) is 0 Å². The quantitative estimate of drug-likeness (QED) is 0.615. The van der Waals surface area contributed by atoms with Gasteiger partial charge >= 0.3 is 0 Å². The third-order valence-electron chi connectivity index (χ3n) is 2.34. The van der Waals surface area contributed by atoms with Crippen molar-refractivity contribution >= 4 is 5.91 Å². The van der Waals surface area contributed by atoms with Crippen LogP contribution in [0.3, 0.4) is 0 Å². The highest BCUT2D eigenvalue weighted by atomic mass is 16.1. The van der Waals surface area contributed by atoms with Crippen LogP contribution in [0, 0.1) is 5.92 Å². The summed E-state index contributed by atoms with van der Waals surface area (Å²) >= 11 is 0. The Labute approximate surface area is 67.3 Å². The monoisotopic (exact) mass is 156 g/mol. The maximum atomic E-state index is 10.5. The Kier molecular flexibility index (Phi) is 2.88. The van der Waals surface area contributed by atoms with Gasteiger partial charge in [-0.1, -0.05) is 6.42 Å². The molecule has 0 heterocycles. The number of rotatable bonds is 3. The van der Waals surface area contributed by atoms with Gasteiger partial charge in [-0.15, -0.1) is 0 Å². The highest BCUT2D eigenvalue weighted by Crippen LogP contribution is 2.28. The average Bonchev–Trinajstić information content (AvgIpc) is 1.79. The van der Waals surface area contributed by atoms with Crippen LogP contribution in [0.2, 0.25) is 0 Å². The summed E-state index contributed by atoms with van der Waals surface area (Å²) in [6.45, 7) is 2.16. The largest absolute Gasteiger partial charge is 0.355 e. The van der Waals surface area contributed by atoms with Gasteiger partial charge in [0.2, 0.25) is 5.91 Å². The second-order valence-corrected chi connectivity index (χ2v) is 3.29. The van der Waals surface area contributed by atoms with Gasteiger partial charge in [-0.05, 0) is 18.8 Å². The lowest BCUT2D eigenvalue weighted by atomic mass is 9.80.